The molecule has 4 heteroatoms. The van der Waals surface area contributed by atoms with Crippen molar-refractivity contribution in [2.75, 3.05) is 19.4 Å². The minimum atomic E-state index is -2.88. The molecule has 0 heterocycles. The van der Waals surface area contributed by atoms with Crippen LogP contribution >= 0.6 is 7.60 Å². The quantitative estimate of drug-likeness (QED) is 0.501. The maximum Gasteiger partial charge on any atom is 0.330 e. The van der Waals surface area contributed by atoms with Crippen molar-refractivity contribution >= 4 is 7.60 Å². The Kier molecular flexibility index (Phi) is 6.62. The van der Waals surface area contributed by atoms with Crippen LogP contribution in [0.15, 0.2) is 11.6 Å². The minimum absolute atomic E-state index is 0.387. The van der Waals surface area contributed by atoms with Crippen LogP contribution in [-0.2, 0) is 13.6 Å². The van der Waals surface area contributed by atoms with E-state index in [1.54, 1.807) is 0 Å². The van der Waals surface area contributed by atoms with Crippen molar-refractivity contribution in [2.24, 2.45) is 11.8 Å². The van der Waals surface area contributed by atoms with E-state index >= 15 is 0 Å². The van der Waals surface area contributed by atoms with Crippen LogP contribution in [0.1, 0.15) is 47.0 Å². The molecule has 1 rings (SSSR count). The predicted octanol–water partition coefficient (Wildman–Crippen LogP) is 4.64. The molecule has 0 amide bonds. The van der Waals surface area contributed by atoms with Gasteiger partial charge in [-0.1, -0.05) is 18.6 Å². The van der Waals surface area contributed by atoms with Crippen molar-refractivity contribution in [3.8, 4) is 0 Å². The first-order valence-corrected chi connectivity index (χ1v) is 8.77. The van der Waals surface area contributed by atoms with Crippen LogP contribution in [0.3, 0.4) is 0 Å². The van der Waals surface area contributed by atoms with Gasteiger partial charge >= 0.3 is 7.60 Å². The monoisotopic (exact) mass is 274 g/mol. The molecule has 0 spiro atoms. The highest BCUT2D eigenvalue weighted by atomic mass is 31.2. The molecule has 0 N–H and O–H groups in total. The van der Waals surface area contributed by atoms with Crippen molar-refractivity contribution in [3.05, 3.63) is 11.6 Å². The van der Waals surface area contributed by atoms with Gasteiger partial charge in [0.2, 0.25) is 0 Å². The molecule has 3 nitrogen and oxygen atoms in total. The summed E-state index contributed by atoms with van der Waals surface area (Å²) >= 11 is 0. The molecule has 1 aliphatic rings. The largest absolute Gasteiger partial charge is 0.330 e. The lowest BCUT2D eigenvalue weighted by Gasteiger charge is -2.29. The van der Waals surface area contributed by atoms with Crippen LogP contribution in [0.2, 0.25) is 0 Å². The third-order valence-corrected chi connectivity index (χ3v) is 5.97. The van der Waals surface area contributed by atoms with Gasteiger partial charge in [0.1, 0.15) is 0 Å². The lowest BCUT2D eigenvalue weighted by Crippen LogP contribution is -2.19. The van der Waals surface area contributed by atoms with Gasteiger partial charge < -0.3 is 9.05 Å². The summed E-state index contributed by atoms with van der Waals surface area (Å²) in [6.45, 7) is 8.99. The fourth-order valence-corrected chi connectivity index (χ4v) is 4.62. The van der Waals surface area contributed by atoms with Crippen LogP contribution in [0, 0.1) is 11.8 Å². The van der Waals surface area contributed by atoms with E-state index in [0.29, 0.717) is 31.2 Å². The zero-order valence-electron chi connectivity index (χ0n) is 12.1. The third-order valence-electron chi connectivity index (χ3n) is 3.65. The van der Waals surface area contributed by atoms with Gasteiger partial charge in [-0.05, 0) is 51.9 Å². The lowest BCUT2D eigenvalue weighted by atomic mass is 9.83. The highest BCUT2D eigenvalue weighted by Crippen LogP contribution is 2.51. The van der Waals surface area contributed by atoms with Gasteiger partial charge in [0.25, 0.3) is 0 Å². The summed E-state index contributed by atoms with van der Waals surface area (Å²) in [6.07, 6.45) is 6.33. The standard InChI is InChI=1S/C14H27O3P/c1-5-16-18(15,17-6-2)11-13(4)14-9-7-12(3)8-10-14/h7,13-14H,5-6,8-11H2,1-4H3/t13-,14-/m0/s1. The van der Waals surface area contributed by atoms with Gasteiger partial charge in [0, 0.05) is 0 Å². The fourth-order valence-electron chi connectivity index (χ4n) is 2.54. The molecule has 0 aliphatic heterocycles. The van der Waals surface area contributed by atoms with E-state index in [1.165, 1.54) is 18.4 Å². The number of rotatable bonds is 7. The van der Waals surface area contributed by atoms with Crippen LogP contribution in [0.5, 0.6) is 0 Å². The Labute approximate surface area is 111 Å². The van der Waals surface area contributed by atoms with E-state index in [2.05, 4.69) is 19.9 Å². The minimum Gasteiger partial charge on any atom is -0.309 e. The molecular formula is C14H27O3P. The second-order valence-corrected chi connectivity index (χ2v) is 7.29. The van der Waals surface area contributed by atoms with Gasteiger partial charge in [-0.3, -0.25) is 4.57 Å². The molecule has 0 radical (unpaired) electrons. The number of allylic oxidation sites excluding steroid dienone is 2. The zero-order valence-corrected chi connectivity index (χ0v) is 13.0. The Morgan fingerprint density at radius 3 is 2.44 bits per heavy atom. The summed E-state index contributed by atoms with van der Waals surface area (Å²) in [7, 11) is -2.88. The van der Waals surface area contributed by atoms with E-state index in [1.807, 2.05) is 13.8 Å². The summed E-state index contributed by atoms with van der Waals surface area (Å²) in [6, 6.07) is 0. The first kappa shape index (κ1) is 15.9. The second-order valence-electron chi connectivity index (χ2n) is 5.19. The Balaban J connectivity index is 2.56. The van der Waals surface area contributed by atoms with Crippen LogP contribution in [0.4, 0.5) is 0 Å². The molecule has 18 heavy (non-hydrogen) atoms. The maximum atomic E-state index is 12.5. The summed E-state index contributed by atoms with van der Waals surface area (Å²) in [5.41, 5.74) is 1.48. The van der Waals surface area contributed by atoms with Crippen molar-refractivity contribution in [1.82, 2.24) is 0 Å². The Morgan fingerprint density at radius 2 is 2.00 bits per heavy atom. The number of hydrogen-bond acceptors (Lipinski definition) is 3. The third kappa shape index (κ3) is 4.87. The molecule has 0 unspecified atom stereocenters. The van der Waals surface area contributed by atoms with Crippen molar-refractivity contribution in [2.45, 2.75) is 47.0 Å². The Bertz CT molecular complexity index is 315. The van der Waals surface area contributed by atoms with Gasteiger partial charge in [-0.2, -0.15) is 0 Å². The van der Waals surface area contributed by atoms with Gasteiger partial charge in [-0.15, -0.1) is 0 Å². The number of hydrogen-bond donors (Lipinski definition) is 0. The molecule has 2 atom stereocenters. The van der Waals surface area contributed by atoms with Gasteiger partial charge in [0.15, 0.2) is 0 Å². The van der Waals surface area contributed by atoms with E-state index in [-0.39, 0.29) is 0 Å². The fraction of sp³-hybridized carbons (Fsp3) is 0.857. The molecule has 106 valence electrons. The summed E-state index contributed by atoms with van der Waals surface area (Å²) < 4.78 is 23.2. The van der Waals surface area contributed by atoms with Crippen LogP contribution < -0.4 is 0 Å². The lowest BCUT2D eigenvalue weighted by molar-refractivity contribution is 0.210. The van der Waals surface area contributed by atoms with E-state index in [9.17, 15) is 4.57 Å². The Morgan fingerprint density at radius 1 is 1.39 bits per heavy atom. The average Bonchev–Trinajstić information content (AvgIpc) is 2.30. The highest BCUT2D eigenvalue weighted by molar-refractivity contribution is 7.53. The van der Waals surface area contributed by atoms with Gasteiger partial charge in [-0.25, -0.2) is 0 Å². The maximum absolute atomic E-state index is 12.5. The molecular weight excluding hydrogens is 247 g/mol. The first-order chi connectivity index (χ1) is 8.50. The van der Waals surface area contributed by atoms with E-state index in [4.69, 9.17) is 9.05 Å². The molecule has 0 saturated heterocycles. The first-order valence-electron chi connectivity index (χ1n) is 7.04. The average molecular weight is 274 g/mol. The molecule has 1 aliphatic carbocycles. The Hall–Kier alpha value is -0.110. The molecule has 0 aromatic rings. The highest BCUT2D eigenvalue weighted by Gasteiger charge is 2.30. The predicted molar refractivity (Wildman–Crippen MR) is 76.0 cm³/mol. The van der Waals surface area contributed by atoms with Crippen molar-refractivity contribution in [1.29, 1.82) is 0 Å². The SMILES string of the molecule is CCOP(=O)(C[C@H](C)[C@H]1CC=C(C)CC1)OCC. The summed E-state index contributed by atoms with van der Waals surface area (Å²) in [4.78, 5) is 0. The topological polar surface area (TPSA) is 35.5 Å². The molecule has 0 aromatic heterocycles. The van der Waals surface area contributed by atoms with Gasteiger partial charge in [0.05, 0.1) is 19.4 Å². The molecule has 0 aromatic carbocycles. The summed E-state index contributed by atoms with van der Waals surface area (Å²) in [5, 5.41) is 0. The summed E-state index contributed by atoms with van der Waals surface area (Å²) in [5.74, 6) is 1.00. The smallest absolute Gasteiger partial charge is 0.309 e. The molecule has 0 bridgehead atoms. The van der Waals surface area contributed by atoms with Crippen molar-refractivity contribution in [3.63, 3.8) is 0 Å². The van der Waals surface area contributed by atoms with Crippen LogP contribution in [0.25, 0.3) is 0 Å². The zero-order chi connectivity index (χ0) is 13.6. The molecule has 0 saturated carbocycles. The van der Waals surface area contributed by atoms with E-state index in [0.717, 1.165) is 6.42 Å². The van der Waals surface area contributed by atoms with Crippen molar-refractivity contribution < 1.29 is 13.6 Å². The van der Waals surface area contributed by atoms with Crippen LogP contribution in [-0.4, -0.2) is 19.4 Å². The second kappa shape index (κ2) is 7.47. The normalized spacial score (nSPS) is 22.7. The molecule has 0 fully saturated rings. The van der Waals surface area contributed by atoms with E-state index < -0.39 is 7.60 Å².